The van der Waals surface area contributed by atoms with E-state index in [0.29, 0.717) is 22.6 Å². The Labute approximate surface area is 390 Å². The number of aryl methyl sites for hydroxylation is 1. The van der Waals surface area contributed by atoms with Crippen molar-refractivity contribution < 1.29 is 45.4 Å². The fraction of sp³-hybridized carbons (Fsp3) is 0.540. The quantitative estimate of drug-likeness (QED) is 0.0301. The van der Waals surface area contributed by atoms with Crippen molar-refractivity contribution in [3.63, 3.8) is 0 Å². The molecular formula is C50H81FN6O2U. The number of carboxylic acids is 1. The summed E-state index contributed by atoms with van der Waals surface area (Å²) in [6.45, 7) is 31.2. The van der Waals surface area contributed by atoms with Gasteiger partial charge in [-0.2, -0.15) is 42.5 Å². The number of nitrogens with two attached hydrogens (primary N) is 2. The van der Waals surface area contributed by atoms with E-state index >= 15 is 0 Å². The zero-order valence-corrected chi connectivity index (χ0v) is 43.5. The molecule has 0 aliphatic carbocycles. The van der Waals surface area contributed by atoms with E-state index in [9.17, 15) is 9.18 Å². The molecule has 0 heterocycles. The van der Waals surface area contributed by atoms with Gasteiger partial charge in [0.05, 0.1) is 17.3 Å². The Kier molecular flexibility index (Phi) is 44.2. The maximum absolute atomic E-state index is 12.6. The predicted molar refractivity (Wildman–Crippen MR) is 253 cm³/mol. The first-order valence-corrected chi connectivity index (χ1v) is 21.6. The van der Waals surface area contributed by atoms with Crippen molar-refractivity contribution in [3.8, 4) is 6.07 Å². The number of aromatic carboxylic acids is 1. The number of nitriles is 1. The normalized spacial score (nSPS) is 11.5. The summed E-state index contributed by atoms with van der Waals surface area (Å²) in [7, 11) is 0. The van der Waals surface area contributed by atoms with Crippen LogP contribution in [0.3, 0.4) is 0 Å². The van der Waals surface area contributed by atoms with Crippen molar-refractivity contribution in [1.82, 2.24) is 5.01 Å². The molecule has 60 heavy (non-hydrogen) atoms. The molecule has 10 heteroatoms. The van der Waals surface area contributed by atoms with Gasteiger partial charge in [-0.15, -0.1) is 6.07 Å². The van der Waals surface area contributed by atoms with Gasteiger partial charge in [0, 0.05) is 35.5 Å². The summed E-state index contributed by atoms with van der Waals surface area (Å²) in [6.07, 6.45) is 23.9. The summed E-state index contributed by atoms with van der Waals surface area (Å²) in [5.74, 6) is 5.86. The number of carboxylic acid groups (broad SMARTS) is 1. The Morgan fingerprint density at radius 2 is 1.62 bits per heavy atom. The molecule has 2 rings (SSSR count). The third kappa shape index (κ3) is 36.2. The van der Waals surface area contributed by atoms with E-state index in [2.05, 4.69) is 78.2 Å². The molecule has 0 saturated heterocycles. The van der Waals surface area contributed by atoms with Gasteiger partial charge < -0.3 is 20.8 Å². The molecule has 334 valence electrons. The Morgan fingerprint density at radius 3 is 2.08 bits per heavy atom. The summed E-state index contributed by atoms with van der Waals surface area (Å²) < 4.78 is 12.6. The summed E-state index contributed by atoms with van der Waals surface area (Å²) in [6, 6.07) is 11.1. The van der Waals surface area contributed by atoms with Crippen LogP contribution in [0.1, 0.15) is 180 Å². The number of hydrogen-bond donors (Lipinski definition) is 3. The SMILES string of the molecule is C=CC=[C-]N=C(C)CCC.CCC(C)CC(C)=Nc1ccc(C(=O)O)cc1C.CCCC/C(=C/N)N(N)CC.CCCCCCCC(C)C.[CH2-]c1ccc(C#N)cc1F.[U+2]. The van der Waals surface area contributed by atoms with E-state index in [0.717, 1.165) is 79.4 Å². The second kappa shape index (κ2) is 42.1. The van der Waals surface area contributed by atoms with E-state index in [4.69, 9.17) is 21.9 Å². The number of carbonyl (C=O) groups is 1. The van der Waals surface area contributed by atoms with Crippen LogP contribution in [0.15, 0.2) is 77.0 Å². The number of allylic oxidation sites excluding steroid dienone is 3. The van der Waals surface area contributed by atoms with Crippen LogP contribution < -0.4 is 11.6 Å². The van der Waals surface area contributed by atoms with Gasteiger partial charge in [-0.3, -0.25) is 9.38 Å². The van der Waals surface area contributed by atoms with Crippen LogP contribution >= 0.6 is 0 Å². The first-order chi connectivity index (χ1) is 28.0. The van der Waals surface area contributed by atoms with Crippen molar-refractivity contribution in [2.75, 3.05) is 6.54 Å². The molecule has 2 aromatic rings. The number of benzene rings is 2. The first kappa shape index (κ1) is 63.0. The van der Waals surface area contributed by atoms with Gasteiger partial charge in [-0.25, -0.2) is 10.6 Å². The number of hydrazine groups is 1. The minimum atomic E-state index is -0.898. The van der Waals surface area contributed by atoms with Crippen LogP contribution in [0.2, 0.25) is 0 Å². The van der Waals surface area contributed by atoms with Crippen LogP contribution in [0.25, 0.3) is 0 Å². The molecule has 0 radical (unpaired) electrons. The first-order valence-electron chi connectivity index (χ1n) is 21.6. The minimum absolute atomic E-state index is 0. The third-order valence-corrected chi connectivity index (χ3v) is 8.91. The van der Waals surface area contributed by atoms with Crippen molar-refractivity contribution in [3.05, 3.63) is 108 Å². The van der Waals surface area contributed by atoms with Crippen LogP contribution in [-0.4, -0.2) is 34.1 Å². The monoisotopic (exact) mass is 1050 g/mol. The molecule has 2 aromatic carbocycles. The van der Waals surface area contributed by atoms with E-state index in [-0.39, 0.29) is 31.1 Å². The molecule has 0 saturated carbocycles. The maximum atomic E-state index is 12.6. The predicted octanol–water partition coefficient (Wildman–Crippen LogP) is 14.0. The molecule has 0 aliphatic heterocycles. The van der Waals surface area contributed by atoms with Crippen LogP contribution in [0.4, 0.5) is 10.1 Å². The average molecular weight is 1060 g/mol. The largest absolute Gasteiger partial charge is 2.00 e. The Bertz CT molecular complexity index is 1580. The number of hydrogen-bond acceptors (Lipinski definition) is 7. The van der Waals surface area contributed by atoms with Gasteiger partial charge in [-0.1, -0.05) is 138 Å². The molecule has 0 aromatic heterocycles. The standard InChI is InChI=1S/C15H21NO2.C10H22.C9H14N.C8H5FN.C8H19N3.U/c1-5-10(2)8-12(4)16-14-7-6-13(15(17)18)9-11(14)3;1-4-5-6-7-8-9-10(2)3;1-4-6-8-10-9(3)7-5-2;1-6-2-3-7(5-10)4-8(6)9;1-3-5-6-8(7-9)11(10)4-2;/h6-7,9-10H,5,8H2,1-4H3,(H,17,18);10H,4-9H2,1-3H3;4,6H,1,5,7H2,2-3H3;2-4H,1H2;7H,3-6,9-10H2,1-2H3;/q;;2*-1;;+2/b;;;;8-7-;. The molecule has 0 bridgehead atoms. The minimum Gasteiger partial charge on any atom is -0.478 e. The summed E-state index contributed by atoms with van der Waals surface area (Å²) in [5.41, 5.74) is 11.4. The van der Waals surface area contributed by atoms with Gasteiger partial charge in [0.15, 0.2) is 0 Å². The smallest absolute Gasteiger partial charge is 0.478 e. The fourth-order valence-corrected chi connectivity index (χ4v) is 5.09. The summed E-state index contributed by atoms with van der Waals surface area (Å²) in [4.78, 5) is 19.4. The molecule has 0 amide bonds. The number of unbranched alkanes of at least 4 members (excludes halogenated alkanes) is 5. The summed E-state index contributed by atoms with van der Waals surface area (Å²) in [5, 5.41) is 18.9. The zero-order chi connectivity index (χ0) is 45.6. The van der Waals surface area contributed by atoms with E-state index in [1.54, 1.807) is 41.6 Å². The molecule has 5 N–H and O–H groups in total. The molecule has 8 nitrogen and oxygen atoms in total. The zero-order valence-electron chi connectivity index (χ0n) is 39.3. The van der Waals surface area contributed by atoms with Crippen LogP contribution in [0, 0.1) is 80.1 Å². The second-order valence-corrected chi connectivity index (χ2v) is 15.1. The van der Waals surface area contributed by atoms with Crippen molar-refractivity contribution in [1.29, 1.82) is 5.26 Å². The van der Waals surface area contributed by atoms with E-state index < -0.39 is 11.8 Å². The Morgan fingerprint density at radius 1 is 0.983 bits per heavy atom. The van der Waals surface area contributed by atoms with Crippen molar-refractivity contribution >= 4 is 23.1 Å². The number of rotatable bonds is 20. The van der Waals surface area contributed by atoms with Crippen molar-refractivity contribution in [2.45, 2.75) is 160 Å². The molecule has 1 unspecified atom stereocenters. The molecule has 0 spiro atoms. The summed E-state index contributed by atoms with van der Waals surface area (Å²) >= 11 is 0. The number of halogens is 1. The topological polar surface area (TPSA) is 141 Å². The Hall–Kier alpha value is -3.63. The van der Waals surface area contributed by atoms with Gasteiger partial charge in [0.1, 0.15) is 0 Å². The molecule has 0 aliphatic rings. The van der Waals surface area contributed by atoms with Gasteiger partial charge in [-0.05, 0) is 75.6 Å². The van der Waals surface area contributed by atoms with Crippen LogP contribution in [-0.2, 0) is 0 Å². The molecular weight excluding hydrogens is 974 g/mol. The maximum Gasteiger partial charge on any atom is 2.00 e. The van der Waals surface area contributed by atoms with Crippen LogP contribution in [0.5, 0.6) is 0 Å². The number of nitrogens with zero attached hydrogens (tertiary/aromatic N) is 4. The van der Waals surface area contributed by atoms with Crippen molar-refractivity contribution in [2.24, 2.45) is 33.4 Å². The van der Waals surface area contributed by atoms with E-state index in [1.807, 2.05) is 33.8 Å². The van der Waals surface area contributed by atoms with Gasteiger partial charge in [0.25, 0.3) is 0 Å². The second-order valence-electron chi connectivity index (χ2n) is 15.1. The third-order valence-electron chi connectivity index (χ3n) is 8.91. The molecule has 0 fully saturated rings. The van der Waals surface area contributed by atoms with Gasteiger partial charge in [0.2, 0.25) is 0 Å². The van der Waals surface area contributed by atoms with Gasteiger partial charge >= 0.3 is 37.1 Å². The number of aliphatic imine (C=N–C) groups is 2. The van der Waals surface area contributed by atoms with E-state index in [1.165, 1.54) is 63.1 Å². The average Bonchev–Trinajstić information content (AvgIpc) is 3.20. The fourth-order valence-electron chi connectivity index (χ4n) is 5.09. The Balaban J connectivity index is -0.000000334. The molecule has 1 atom stereocenters.